The van der Waals surface area contributed by atoms with Crippen LogP contribution in [0.1, 0.15) is 20.8 Å². The van der Waals surface area contributed by atoms with Crippen LogP contribution in [0, 0.1) is 11.3 Å². The Morgan fingerprint density at radius 2 is 1.89 bits per heavy atom. The fourth-order valence-corrected chi connectivity index (χ4v) is 3.08. The fourth-order valence-electron chi connectivity index (χ4n) is 1.03. The largest absolute Gasteiger partial charge is 0.616 e. The molecule has 9 heavy (non-hydrogen) atoms. The molecule has 0 unspecified atom stereocenters. The highest BCUT2D eigenvalue weighted by Gasteiger charge is 2.46. The summed E-state index contributed by atoms with van der Waals surface area (Å²) < 4.78 is 10.7. The molecule has 0 aromatic carbocycles. The standard InChI is InChI=1S/C7H14OS/c1-6(2)7(3)4-9(8)5-7/h6H,4-5H2,1-3H3. The van der Waals surface area contributed by atoms with E-state index in [1.54, 1.807) is 0 Å². The van der Waals surface area contributed by atoms with Gasteiger partial charge in [0.15, 0.2) is 0 Å². The number of rotatable bonds is 1. The average Bonchev–Trinajstić information content (AvgIpc) is 1.62. The third-order valence-electron chi connectivity index (χ3n) is 2.38. The Morgan fingerprint density at radius 1 is 1.44 bits per heavy atom. The molecule has 1 aliphatic rings. The normalized spacial score (nSPS) is 43.0. The molecule has 0 aliphatic carbocycles. The van der Waals surface area contributed by atoms with Gasteiger partial charge in [0.25, 0.3) is 0 Å². The Kier molecular flexibility index (Phi) is 1.79. The maximum Gasteiger partial charge on any atom is 0.115 e. The second kappa shape index (κ2) is 2.17. The zero-order valence-electron chi connectivity index (χ0n) is 6.31. The Balaban J connectivity index is 2.40. The molecule has 2 heteroatoms. The zero-order valence-corrected chi connectivity index (χ0v) is 7.12. The Bertz CT molecular complexity index is 105. The van der Waals surface area contributed by atoms with Crippen molar-refractivity contribution in [3.05, 3.63) is 0 Å². The first-order valence-corrected chi connectivity index (χ1v) is 4.88. The Labute approximate surface area is 60.0 Å². The molecular weight excluding hydrogens is 132 g/mol. The highest BCUT2D eigenvalue weighted by atomic mass is 32.2. The summed E-state index contributed by atoms with van der Waals surface area (Å²) in [5, 5.41) is 0. The first-order chi connectivity index (χ1) is 4.04. The average molecular weight is 146 g/mol. The molecule has 0 radical (unpaired) electrons. The van der Waals surface area contributed by atoms with Crippen LogP contribution in [0.5, 0.6) is 0 Å². The molecule has 1 rings (SSSR count). The van der Waals surface area contributed by atoms with Gasteiger partial charge in [0, 0.05) is 0 Å². The highest BCUT2D eigenvalue weighted by molar-refractivity contribution is 7.92. The number of hydrogen-bond acceptors (Lipinski definition) is 1. The van der Waals surface area contributed by atoms with E-state index >= 15 is 0 Å². The predicted molar refractivity (Wildman–Crippen MR) is 40.8 cm³/mol. The smallest absolute Gasteiger partial charge is 0.115 e. The highest BCUT2D eigenvalue weighted by Crippen LogP contribution is 2.38. The third kappa shape index (κ3) is 1.24. The van der Waals surface area contributed by atoms with Crippen molar-refractivity contribution < 1.29 is 4.55 Å². The third-order valence-corrected chi connectivity index (χ3v) is 4.34. The van der Waals surface area contributed by atoms with Crippen molar-refractivity contribution in [1.29, 1.82) is 0 Å². The summed E-state index contributed by atoms with van der Waals surface area (Å²) in [7, 11) is 0. The van der Waals surface area contributed by atoms with Crippen LogP contribution in [0.3, 0.4) is 0 Å². The molecule has 0 spiro atoms. The van der Waals surface area contributed by atoms with E-state index in [0.717, 1.165) is 11.5 Å². The lowest BCUT2D eigenvalue weighted by Crippen LogP contribution is -2.49. The van der Waals surface area contributed by atoms with Crippen molar-refractivity contribution in [3.63, 3.8) is 0 Å². The van der Waals surface area contributed by atoms with Gasteiger partial charge in [-0.2, -0.15) is 0 Å². The van der Waals surface area contributed by atoms with Crippen LogP contribution in [-0.2, 0) is 11.2 Å². The Hall–Kier alpha value is 0.310. The lowest BCUT2D eigenvalue weighted by molar-refractivity contribution is 0.260. The molecule has 1 saturated heterocycles. The molecule has 0 atom stereocenters. The van der Waals surface area contributed by atoms with Gasteiger partial charge in [0.1, 0.15) is 11.5 Å². The van der Waals surface area contributed by atoms with Crippen LogP contribution in [0.2, 0.25) is 0 Å². The van der Waals surface area contributed by atoms with E-state index in [-0.39, 0.29) is 0 Å². The molecule has 0 saturated carbocycles. The summed E-state index contributed by atoms with van der Waals surface area (Å²) >= 11 is -0.482. The van der Waals surface area contributed by atoms with E-state index in [1.165, 1.54) is 0 Å². The summed E-state index contributed by atoms with van der Waals surface area (Å²) in [5.74, 6) is 2.53. The molecule has 54 valence electrons. The SMILES string of the molecule is CC(C)C1(C)C[S+]([O-])C1. The van der Waals surface area contributed by atoms with Gasteiger partial charge in [-0.15, -0.1) is 0 Å². The number of hydrogen-bond donors (Lipinski definition) is 0. The molecule has 0 amide bonds. The molecule has 1 aliphatic heterocycles. The first kappa shape index (κ1) is 7.42. The van der Waals surface area contributed by atoms with Crippen molar-refractivity contribution >= 4 is 11.2 Å². The van der Waals surface area contributed by atoms with Crippen LogP contribution < -0.4 is 0 Å². The van der Waals surface area contributed by atoms with Crippen molar-refractivity contribution in [2.24, 2.45) is 11.3 Å². The molecule has 1 fully saturated rings. The quantitative estimate of drug-likeness (QED) is 0.513. The predicted octanol–water partition coefficient (Wildman–Crippen LogP) is 1.41. The Morgan fingerprint density at radius 3 is 2.00 bits per heavy atom. The summed E-state index contributed by atoms with van der Waals surface area (Å²) in [5.41, 5.74) is 0.394. The van der Waals surface area contributed by atoms with Gasteiger partial charge < -0.3 is 4.55 Å². The molecule has 0 aromatic rings. The minimum Gasteiger partial charge on any atom is -0.616 e. The van der Waals surface area contributed by atoms with Crippen LogP contribution in [0.15, 0.2) is 0 Å². The zero-order chi connectivity index (χ0) is 7.07. The van der Waals surface area contributed by atoms with Gasteiger partial charge in [0.2, 0.25) is 0 Å². The maximum absolute atomic E-state index is 10.7. The van der Waals surface area contributed by atoms with E-state index in [2.05, 4.69) is 20.8 Å². The molecule has 0 bridgehead atoms. The van der Waals surface area contributed by atoms with Gasteiger partial charge in [-0.05, 0) is 5.92 Å². The summed E-state index contributed by atoms with van der Waals surface area (Å²) in [6.07, 6.45) is 0. The van der Waals surface area contributed by atoms with Gasteiger partial charge in [-0.1, -0.05) is 31.9 Å². The molecule has 1 heterocycles. The minimum absolute atomic E-state index is 0.394. The van der Waals surface area contributed by atoms with E-state index < -0.39 is 11.2 Å². The van der Waals surface area contributed by atoms with E-state index in [9.17, 15) is 4.55 Å². The maximum atomic E-state index is 10.7. The molecule has 0 N–H and O–H groups in total. The second-order valence-corrected chi connectivity index (χ2v) is 4.99. The topological polar surface area (TPSA) is 23.1 Å². The molecular formula is C7H14OS. The van der Waals surface area contributed by atoms with E-state index in [0.29, 0.717) is 11.3 Å². The molecule has 1 nitrogen and oxygen atoms in total. The van der Waals surface area contributed by atoms with Gasteiger partial charge in [-0.3, -0.25) is 0 Å². The summed E-state index contributed by atoms with van der Waals surface area (Å²) in [4.78, 5) is 0. The van der Waals surface area contributed by atoms with Crippen molar-refractivity contribution in [2.45, 2.75) is 20.8 Å². The lowest BCUT2D eigenvalue weighted by atomic mass is 9.82. The van der Waals surface area contributed by atoms with E-state index in [1.807, 2.05) is 0 Å². The summed E-state index contributed by atoms with van der Waals surface area (Å²) in [6.45, 7) is 6.63. The van der Waals surface area contributed by atoms with Crippen molar-refractivity contribution in [2.75, 3.05) is 11.5 Å². The monoisotopic (exact) mass is 146 g/mol. The van der Waals surface area contributed by atoms with Gasteiger partial charge in [0.05, 0.1) is 5.41 Å². The van der Waals surface area contributed by atoms with Gasteiger partial charge in [-0.25, -0.2) is 0 Å². The minimum atomic E-state index is -0.482. The van der Waals surface area contributed by atoms with Gasteiger partial charge >= 0.3 is 0 Å². The van der Waals surface area contributed by atoms with Crippen LogP contribution in [-0.4, -0.2) is 16.1 Å². The van der Waals surface area contributed by atoms with Crippen LogP contribution in [0.25, 0.3) is 0 Å². The van der Waals surface area contributed by atoms with Crippen molar-refractivity contribution in [3.8, 4) is 0 Å². The summed E-state index contributed by atoms with van der Waals surface area (Å²) in [6, 6.07) is 0. The van der Waals surface area contributed by atoms with E-state index in [4.69, 9.17) is 0 Å². The molecule has 0 aromatic heterocycles. The lowest BCUT2D eigenvalue weighted by Gasteiger charge is -2.42. The fraction of sp³-hybridized carbons (Fsp3) is 1.00. The second-order valence-electron chi connectivity index (χ2n) is 3.54. The van der Waals surface area contributed by atoms with Crippen LogP contribution >= 0.6 is 0 Å². The van der Waals surface area contributed by atoms with Crippen molar-refractivity contribution in [1.82, 2.24) is 0 Å². The first-order valence-electron chi connectivity index (χ1n) is 3.39. The van der Waals surface area contributed by atoms with Crippen LogP contribution in [0.4, 0.5) is 0 Å².